The molecule has 1 N–H and O–H groups in total. The van der Waals surface area contributed by atoms with E-state index >= 15 is 0 Å². The molecule has 3 rings (SSSR count). The minimum Gasteiger partial charge on any atom is -0.380 e. The van der Waals surface area contributed by atoms with Crippen LogP contribution in [-0.2, 0) is 0 Å². The van der Waals surface area contributed by atoms with Gasteiger partial charge in [-0.2, -0.15) is 0 Å². The molecular weight excluding hydrogens is 261 g/mol. The van der Waals surface area contributed by atoms with E-state index in [-0.39, 0.29) is 11.2 Å². The van der Waals surface area contributed by atoms with Gasteiger partial charge in [0.15, 0.2) is 0 Å². The second kappa shape index (κ2) is 4.12. The second-order valence-corrected chi connectivity index (χ2v) is 7.34. The Labute approximate surface area is 119 Å². The first kappa shape index (κ1) is 13.2. The number of fused-ring (bicyclic) bond motifs is 2. The Hall–Kier alpha value is -0.760. The molecule has 1 nitrogen and oxygen atoms in total. The van der Waals surface area contributed by atoms with Crippen molar-refractivity contribution in [3.8, 4) is 0 Å². The largest absolute Gasteiger partial charge is 0.380 e. The summed E-state index contributed by atoms with van der Waals surface area (Å²) in [4.78, 5) is 0. The molecule has 0 aromatic heterocycles. The van der Waals surface area contributed by atoms with E-state index in [1.54, 1.807) is 6.07 Å². The molecule has 3 heteroatoms. The Morgan fingerprint density at radius 1 is 1.32 bits per heavy atom. The summed E-state index contributed by atoms with van der Waals surface area (Å²) < 4.78 is 13.4. The van der Waals surface area contributed by atoms with Gasteiger partial charge in [0.05, 0.1) is 10.7 Å². The van der Waals surface area contributed by atoms with Gasteiger partial charge in [0.1, 0.15) is 5.82 Å². The second-order valence-electron chi connectivity index (χ2n) is 6.93. The van der Waals surface area contributed by atoms with Gasteiger partial charge in [0.2, 0.25) is 0 Å². The van der Waals surface area contributed by atoms with E-state index in [1.165, 1.54) is 25.0 Å². The first-order valence-corrected chi connectivity index (χ1v) is 7.44. The van der Waals surface area contributed by atoms with E-state index in [4.69, 9.17) is 11.6 Å². The lowest BCUT2D eigenvalue weighted by Gasteiger charge is -2.40. The van der Waals surface area contributed by atoms with Gasteiger partial charge in [0, 0.05) is 6.04 Å². The zero-order valence-corrected chi connectivity index (χ0v) is 12.5. The number of hydrogen-bond acceptors (Lipinski definition) is 1. The Bertz CT molecular complexity index is 513. The molecule has 0 aliphatic heterocycles. The van der Waals surface area contributed by atoms with Crippen LogP contribution in [0.2, 0.25) is 5.02 Å². The first-order valence-electron chi connectivity index (χ1n) is 7.06. The lowest BCUT2D eigenvalue weighted by atomic mass is 9.69. The monoisotopic (exact) mass is 281 g/mol. The van der Waals surface area contributed by atoms with Crippen LogP contribution in [-0.4, -0.2) is 6.04 Å². The maximum Gasteiger partial charge on any atom is 0.125 e. The van der Waals surface area contributed by atoms with Crippen molar-refractivity contribution < 1.29 is 4.39 Å². The van der Waals surface area contributed by atoms with E-state index < -0.39 is 0 Å². The fourth-order valence-corrected chi connectivity index (χ4v) is 4.39. The maximum absolute atomic E-state index is 13.4. The van der Waals surface area contributed by atoms with Crippen LogP contribution in [0.25, 0.3) is 0 Å². The quantitative estimate of drug-likeness (QED) is 0.795. The molecule has 0 spiro atoms. The van der Waals surface area contributed by atoms with Crippen LogP contribution < -0.4 is 5.32 Å². The van der Waals surface area contributed by atoms with Gasteiger partial charge in [0.25, 0.3) is 0 Å². The highest BCUT2D eigenvalue weighted by Gasteiger charge is 2.61. The van der Waals surface area contributed by atoms with Crippen molar-refractivity contribution >= 4 is 17.3 Å². The predicted octanol–water partition coefficient (Wildman–Crippen LogP) is 5.11. The van der Waals surface area contributed by atoms with E-state index in [9.17, 15) is 4.39 Å². The van der Waals surface area contributed by atoms with Gasteiger partial charge in [-0.3, -0.25) is 0 Å². The number of anilines is 1. The van der Waals surface area contributed by atoms with Crippen LogP contribution in [0.15, 0.2) is 18.2 Å². The fraction of sp³-hybridized carbons (Fsp3) is 0.625. The molecule has 2 bridgehead atoms. The van der Waals surface area contributed by atoms with Gasteiger partial charge in [-0.25, -0.2) is 4.39 Å². The van der Waals surface area contributed by atoms with E-state index in [0.29, 0.717) is 16.5 Å². The summed E-state index contributed by atoms with van der Waals surface area (Å²) in [7, 11) is 0. The SMILES string of the molecule is CC1(C)C2CCC1(C)C(Nc1cc(F)ccc1Cl)C2. The molecule has 0 amide bonds. The summed E-state index contributed by atoms with van der Waals surface area (Å²) >= 11 is 6.16. The molecule has 2 fully saturated rings. The average molecular weight is 282 g/mol. The highest BCUT2D eigenvalue weighted by Crippen LogP contribution is 2.65. The minimum absolute atomic E-state index is 0.237. The molecule has 3 unspecified atom stereocenters. The summed E-state index contributed by atoms with van der Waals surface area (Å²) in [6.45, 7) is 7.12. The molecule has 2 aliphatic rings. The standard InChI is InChI=1S/C16H21ClFN/c1-15(2)10-6-7-16(15,3)14(8-10)19-13-9-11(18)4-5-12(13)17/h4-5,9-10,14,19H,6-8H2,1-3H3. The Kier molecular flexibility index (Phi) is 2.87. The van der Waals surface area contributed by atoms with Gasteiger partial charge in [-0.1, -0.05) is 32.4 Å². The van der Waals surface area contributed by atoms with E-state index in [0.717, 1.165) is 18.0 Å². The molecule has 0 saturated heterocycles. The highest BCUT2D eigenvalue weighted by atomic mass is 35.5. The van der Waals surface area contributed by atoms with Crippen LogP contribution in [0.4, 0.5) is 10.1 Å². The first-order chi connectivity index (χ1) is 8.84. The van der Waals surface area contributed by atoms with Crippen LogP contribution in [0, 0.1) is 22.6 Å². The summed E-state index contributed by atoms with van der Waals surface area (Å²) in [5.74, 6) is 0.529. The molecule has 3 atom stereocenters. The maximum atomic E-state index is 13.4. The summed E-state index contributed by atoms with van der Waals surface area (Å²) in [5.41, 5.74) is 1.36. The number of benzene rings is 1. The zero-order valence-electron chi connectivity index (χ0n) is 11.8. The van der Waals surface area contributed by atoms with Gasteiger partial charge < -0.3 is 5.32 Å². The van der Waals surface area contributed by atoms with Crippen LogP contribution in [0.5, 0.6) is 0 Å². The smallest absolute Gasteiger partial charge is 0.125 e. The van der Waals surface area contributed by atoms with Crippen molar-refractivity contribution in [2.45, 2.75) is 46.1 Å². The number of nitrogens with one attached hydrogen (secondary N) is 1. The summed E-state index contributed by atoms with van der Waals surface area (Å²) in [6, 6.07) is 4.92. The third-order valence-electron chi connectivity index (χ3n) is 6.05. The molecule has 2 saturated carbocycles. The fourth-order valence-electron chi connectivity index (χ4n) is 4.22. The predicted molar refractivity (Wildman–Crippen MR) is 78.0 cm³/mol. The lowest BCUT2D eigenvalue weighted by molar-refractivity contribution is 0.142. The highest BCUT2D eigenvalue weighted by molar-refractivity contribution is 6.33. The third-order valence-corrected chi connectivity index (χ3v) is 6.38. The molecular formula is C16H21ClFN. The molecule has 1 aromatic rings. The van der Waals surface area contributed by atoms with Crippen molar-refractivity contribution in [3.05, 3.63) is 29.0 Å². The lowest BCUT2D eigenvalue weighted by Crippen LogP contribution is -2.40. The van der Waals surface area contributed by atoms with Crippen LogP contribution in [0.3, 0.4) is 0 Å². The number of halogens is 2. The van der Waals surface area contributed by atoms with Crippen LogP contribution >= 0.6 is 11.6 Å². The normalized spacial score (nSPS) is 35.6. The number of rotatable bonds is 2. The summed E-state index contributed by atoms with van der Waals surface area (Å²) in [5, 5.41) is 4.11. The van der Waals surface area contributed by atoms with Gasteiger partial charge >= 0.3 is 0 Å². The average Bonchev–Trinajstić information content (AvgIpc) is 2.67. The van der Waals surface area contributed by atoms with Crippen molar-refractivity contribution in [1.82, 2.24) is 0 Å². The van der Waals surface area contributed by atoms with Gasteiger partial charge in [-0.15, -0.1) is 0 Å². The zero-order chi connectivity index (χ0) is 13.8. The molecule has 0 heterocycles. The van der Waals surface area contributed by atoms with Crippen molar-refractivity contribution in [2.24, 2.45) is 16.7 Å². The number of hydrogen-bond donors (Lipinski definition) is 1. The Morgan fingerprint density at radius 3 is 2.63 bits per heavy atom. The Balaban J connectivity index is 1.88. The van der Waals surface area contributed by atoms with Crippen LogP contribution in [0.1, 0.15) is 40.0 Å². The molecule has 104 valence electrons. The third kappa shape index (κ3) is 1.79. The summed E-state index contributed by atoms with van der Waals surface area (Å²) in [6.07, 6.45) is 3.73. The molecule has 0 radical (unpaired) electrons. The van der Waals surface area contributed by atoms with Crippen molar-refractivity contribution in [1.29, 1.82) is 0 Å². The van der Waals surface area contributed by atoms with E-state index in [2.05, 4.69) is 26.1 Å². The van der Waals surface area contributed by atoms with E-state index in [1.807, 2.05) is 0 Å². The topological polar surface area (TPSA) is 12.0 Å². The van der Waals surface area contributed by atoms with Crippen molar-refractivity contribution in [2.75, 3.05) is 5.32 Å². The molecule has 1 aromatic carbocycles. The molecule has 19 heavy (non-hydrogen) atoms. The van der Waals surface area contributed by atoms with Gasteiger partial charge in [-0.05, 0) is 54.2 Å². The van der Waals surface area contributed by atoms with Crippen molar-refractivity contribution in [3.63, 3.8) is 0 Å². The minimum atomic E-state index is -0.237. The molecule has 2 aliphatic carbocycles. The Morgan fingerprint density at radius 2 is 2.05 bits per heavy atom.